The molecule has 0 fully saturated rings. The Morgan fingerprint density at radius 1 is 0.405 bits per heavy atom. The van der Waals surface area contributed by atoms with Gasteiger partial charge in [0.2, 0.25) is 0 Å². The third-order valence-electron chi connectivity index (χ3n) is 3.64. The molecule has 0 N–H and O–H groups in total. The van der Waals surface area contributed by atoms with Gasteiger partial charge in [-0.25, -0.2) is 11.1 Å². The van der Waals surface area contributed by atoms with Crippen LogP contribution in [0.2, 0.25) is 0 Å². The van der Waals surface area contributed by atoms with Crippen molar-refractivity contribution in [3.63, 3.8) is 0 Å². The van der Waals surface area contributed by atoms with E-state index in [1.165, 1.54) is 11.1 Å². The van der Waals surface area contributed by atoms with Gasteiger partial charge in [-0.3, -0.25) is 0 Å². The predicted molar refractivity (Wildman–Crippen MR) is 160 cm³/mol. The summed E-state index contributed by atoms with van der Waals surface area (Å²) < 4.78 is 0. The summed E-state index contributed by atoms with van der Waals surface area (Å²) in [6, 6.07) is 44.6. The van der Waals surface area contributed by atoms with E-state index in [1.54, 1.807) is 0 Å². The fourth-order valence-electron chi connectivity index (χ4n) is 2.41. The van der Waals surface area contributed by atoms with Crippen molar-refractivity contribution >= 4 is 0 Å². The summed E-state index contributed by atoms with van der Waals surface area (Å²) in [5, 5.41) is 0. The molecule has 0 nitrogen and oxygen atoms in total. The Bertz CT molecular complexity index is 773. The van der Waals surface area contributed by atoms with E-state index >= 15 is 0 Å². The SMILES string of the molecule is CC.CC.CC.CC.CC.[W+2].[Y].[c-]1ccccc1-c1[c-]cccc1.[c-]1ccccc1Cc1[c-]cccc1. The smallest absolute Gasteiger partial charge is 0.226 e. The van der Waals surface area contributed by atoms with Crippen LogP contribution in [0.5, 0.6) is 0 Å². The molecular weight excluding hydrogens is 693 g/mol. The second kappa shape index (κ2) is 39.2. The van der Waals surface area contributed by atoms with Gasteiger partial charge in [0.25, 0.3) is 0 Å². The van der Waals surface area contributed by atoms with Crippen LogP contribution in [0.1, 0.15) is 80.4 Å². The van der Waals surface area contributed by atoms with E-state index in [4.69, 9.17) is 0 Å². The maximum absolute atomic E-state index is 3.20. The van der Waals surface area contributed by atoms with Crippen LogP contribution in [0.25, 0.3) is 11.1 Å². The third-order valence-corrected chi connectivity index (χ3v) is 3.64. The summed E-state index contributed by atoms with van der Waals surface area (Å²) in [4.78, 5) is 0. The summed E-state index contributed by atoms with van der Waals surface area (Å²) in [6.45, 7) is 20.0. The van der Waals surface area contributed by atoms with Crippen molar-refractivity contribution in [1.29, 1.82) is 0 Å². The van der Waals surface area contributed by atoms with Gasteiger partial charge in [-0.05, 0) is 6.42 Å². The minimum atomic E-state index is 0. The van der Waals surface area contributed by atoms with Gasteiger partial charge in [0.1, 0.15) is 0 Å². The summed E-state index contributed by atoms with van der Waals surface area (Å²) in [5.41, 5.74) is 4.62. The van der Waals surface area contributed by atoms with Crippen molar-refractivity contribution in [2.24, 2.45) is 0 Å². The van der Waals surface area contributed by atoms with Crippen molar-refractivity contribution in [1.82, 2.24) is 0 Å². The average Bonchev–Trinajstić information content (AvgIpc) is 3.01. The van der Waals surface area contributed by atoms with Crippen LogP contribution in [0.3, 0.4) is 0 Å². The second-order valence-electron chi connectivity index (χ2n) is 5.50. The van der Waals surface area contributed by atoms with Crippen LogP contribution in [-0.2, 0) is 60.2 Å². The summed E-state index contributed by atoms with van der Waals surface area (Å²) in [5.74, 6) is 0. The van der Waals surface area contributed by atoms with Crippen LogP contribution < -0.4 is 0 Å². The van der Waals surface area contributed by atoms with Crippen LogP contribution in [0.4, 0.5) is 0 Å². The predicted octanol–water partition coefficient (Wildman–Crippen LogP) is 11.0. The van der Waals surface area contributed by atoms with Gasteiger partial charge in [-0.2, -0.15) is 120 Å². The number of rotatable bonds is 3. The molecule has 0 atom stereocenters. The zero-order chi connectivity index (χ0) is 27.2. The average molecular weight is 742 g/mol. The first kappa shape index (κ1) is 45.6. The van der Waals surface area contributed by atoms with Crippen molar-refractivity contribution in [2.75, 3.05) is 0 Å². The first-order valence-corrected chi connectivity index (χ1v) is 13.3. The van der Waals surface area contributed by atoms with Gasteiger partial charge in [0.15, 0.2) is 0 Å². The van der Waals surface area contributed by atoms with E-state index < -0.39 is 0 Å². The Morgan fingerprint density at radius 3 is 0.892 bits per heavy atom. The van der Waals surface area contributed by atoms with Crippen molar-refractivity contribution in [2.45, 2.75) is 75.7 Å². The fourth-order valence-corrected chi connectivity index (χ4v) is 2.41. The third kappa shape index (κ3) is 24.7. The summed E-state index contributed by atoms with van der Waals surface area (Å²) in [7, 11) is 0. The van der Waals surface area contributed by atoms with E-state index in [0.717, 1.165) is 17.5 Å². The van der Waals surface area contributed by atoms with Crippen LogP contribution in [0, 0.1) is 24.3 Å². The van der Waals surface area contributed by atoms with Crippen molar-refractivity contribution in [3.8, 4) is 11.1 Å². The van der Waals surface area contributed by atoms with Crippen molar-refractivity contribution < 1.29 is 53.8 Å². The van der Waals surface area contributed by atoms with Gasteiger partial charge >= 0.3 is 21.1 Å². The Hall–Kier alpha value is -1.33. The monoisotopic (exact) mass is 741 g/mol. The van der Waals surface area contributed by atoms with Gasteiger partial charge in [-0.15, -0.1) is 12.1 Å². The first-order chi connectivity index (χ1) is 17.4. The molecule has 0 heterocycles. The molecule has 0 saturated heterocycles. The molecular formula is C35H48WY-2. The molecule has 2 heteroatoms. The zero-order valence-electron chi connectivity index (χ0n) is 24.9. The van der Waals surface area contributed by atoms with Gasteiger partial charge in [0.05, 0.1) is 0 Å². The normalized spacial score (nSPS) is 7.41. The molecule has 0 spiro atoms. The van der Waals surface area contributed by atoms with Crippen molar-refractivity contribution in [3.05, 3.63) is 132 Å². The molecule has 199 valence electrons. The minimum absolute atomic E-state index is 0. The van der Waals surface area contributed by atoms with E-state index in [1.807, 2.05) is 154 Å². The van der Waals surface area contributed by atoms with E-state index in [0.29, 0.717) is 0 Å². The minimum Gasteiger partial charge on any atom is -0.226 e. The number of hydrogen-bond donors (Lipinski definition) is 0. The molecule has 4 aromatic rings. The Morgan fingerprint density at radius 2 is 0.676 bits per heavy atom. The first-order valence-electron chi connectivity index (χ1n) is 13.3. The van der Waals surface area contributed by atoms with Gasteiger partial charge in [0, 0.05) is 32.7 Å². The molecule has 1 radical (unpaired) electrons. The Kier molecular flexibility index (Phi) is 48.3. The molecule has 0 amide bonds. The Labute approximate surface area is 270 Å². The van der Waals surface area contributed by atoms with Gasteiger partial charge in [-0.1, -0.05) is 69.2 Å². The van der Waals surface area contributed by atoms with E-state index in [9.17, 15) is 0 Å². The number of benzene rings is 4. The van der Waals surface area contributed by atoms with Crippen LogP contribution in [0.15, 0.2) is 97.1 Å². The van der Waals surface area contributed by atoms with E-state index in [-0.39, 0.29) is 53.8 Å². The molecule has 37 heavy (non-hydrogen) atoms. The number of hydrogen-bond acceptors (Lipinski definition) is 0. The molecule has 0 aromatic heterocycles. The van der Waals surface area contributed by atoms with E-state index in [2.05, 4.69) is 36.4 Å². The second-order valence-corrected chi connectivity index (χ2v) is 5.50. The largest absolute Gasteiger partial charge is 2.00 e. The maximum atomic E-state index is 3.20. The molecule has 0 aliphatic rings. The summed E-state index contributed by atoms with van der Waals surface area (Å²) >= 11 is 0. The molecule has 4 aromatic carbocycles. The molecule has 0 aliphatic heterocycles. The standard InChI is InChI=1S/C13H10.C12H8.5C2H6.W.Y/c1-3-7-12(8-4-1)11-13-9-5-2-6-10-13;1-3-7-11(8-4-1)12-9-5-2-6-10-12;5*1-2;;/h1-7,9H,11H2;1-7,9H;5*1-2H3;;/q2*-2;;;;;;+2;. The quantitative estimate of drug-likeness (QED) is 0.184. The fraction of sp³-hybridized carbons (Fsp3) is 0.314. The molecule has 4 rings (SSSR count). The van der Waals surface area contributed by atoms with Crippen LogP contribution >= 0.6 is 0 Å². The van der Waals surface area contributed by atoms with Crippen LogP contribution in [-0.4, -0.2) is 0 Å². The zero-order valence-corrected chi connectivity index (χ0v) is 30.7. The summed E-state index contributed by atoms with van der Waals surface area (Å²) in [6.07, 6.45) is 0.918. The topological polar surface area (TPSA) is 0 Å². The molecule has 0 bridgehead atoms. The molecule has 0 unspecified atom stereocenters. The molecule has 0 aliphatic carbocycles. The van der Waals surface area contributed by atoms with Gasteiger partial charge < -0.3 is 0 Å². The Balaban J connectivity index is -0.000000133. The molecule has 0 saturated carbocycles. The maximum Gasteiger partial charge on any atom is 2.00 e.